The molecule has 0 spiro atoms. The second-order valence-electron chi connectivity index (χ2n) is 7.91. The Bertz CT molecular complexity index is 836. The first-order valence-electron chi connectivity index (χ1n) is 9.93. The van der Waals surface area contributed by atoms with Crippen molar-refractivity contribution in [2.24, 2.45) is 5.92 Å². The predicted octanol–water partition coefficient (Wildman–Crippen LogP) is 3.93. The van der Waals surface area contributed by atoms with Crippen molar-refractivity contribution in [2.45, 2.75) is 44.9 Å². The highest BCUT2D eigenvalue weighted by atomic mass is 16.2. The van der Waals surface area contributed by atoms with E-state index in [9.17, 15) is 9.59 Å². The summed E-state index contributed by atoms with van der Waals surface area (Å²) in [5.74, 6) is 0.552. The standard InChI is InChI=1S/C23H26N2O2/c1-16-2-4-17(5-3-16)18-9-12-25(13-10-18)23(27)20-7-6-19-8-11-24-15-21(19)22(26)14-20/h2-5,8,11,15,18,20H,6-7,9-10,12-14H2,1H3. The first-order chi connectivity index (χ1) is 13.1. The maximum Gasteiger partial charge on any atom is 0.226 e. The molecule has 1 atom stereocenters. The van der Waals surface area contributed by atoms with Crippen molar-refractivity contribution in [1.82, 2.24) is 9.88 Å². The van der Waals surface area contributed by atoms with Crippen molar-refractivity contribution >= 4 is 11.7 Å². The third kappa shape index (κ3) is 3.80. The number of pyridine rings is 1. The molecule has 140 valence electrons. The first-order valence-corrected chi connectivity index (χ1v) is 9.93. The summed E-state index contributed by atoms with van der Waals surface area (Å²) >= 11 is 0. The van der Waals surface area contributed by atoms with Gasteiger partial charge in [-0.25, -0.2) is 0 Å². The summed E-state index contributed by atoms with van der Waals surface area (Å²) in [6.07, 6.45) is 7.22. The minimum atomic E-state index is -0.194. The second kappa shape index (κ2) is 7.63. The van der Waals surface area contributed by atoms with Crippen LogP contribution in [0, 0.1) is 12.8 Å². The number of nitrogens with zero attached hydrogens (tertiary/aromatic N) is 2. The number of hydrogen-bond acceptors (Lipinski definition) is 3. The number of rotatable bonds is 2. The number of benzene rings is 1. The fourth-order valence-corrected chi connectivity index (χ4v) is 4.40. The van der Waals surface area contributed by atoms with Crippen LogP contribution in [0.25, 0.3) is 0 Å². The quantitative estimate of drug-likeness (QED) is 0.761. The maximum atomic E-state index is 13.0. The van der Waals surface area contributed by atoms with Crippen molar-refractivity contribution in [3.05, 3.63) is 65.0 Å². The van der Waals surface area contributed by atoms with E-state index in [0.29, 0.717) is 17.9 Å². The Morgan fingerprint density at radius 2 is 1.81 bits per heavy atom. The highest BCUT2D eigenvalue weighted by molar-refractivity contribution is 6.00. The van der Waals surface area contributed by atoms with Crippen LogP contribution in [0.15, 0.2) is 42.7 Å². The number of carbonyl (C=O) groups is 2. The fraction of sp³-hybridized carbons (Fsp3) is 0.435. The molecule has 1 aliphatic carbocycles. The third-order valence-corrected chi connectivity index (χ3v) is 6.11. The number of aromatic nitrogens is 1. The molecule has 4 heteroatoms. The van der Waals surface area contributed by atoms with Crippen molar-refractivity contribution in [2.75, 3.05) is 13.1 Å². The minimum Gasteiger partial charge on any atom is -0.342 e. The van der Waals surface area contributed by atoms with Gasteiger partial charge in [0.05, 0.1) is 0 Å². The molecule has 1 saturated heterocycles. The van der Waals surface area contributed by atoms with Gasteiger partial charge in [0.15, 0.2) is 5.78 Å². The molecule has 2 aliphatic rings. The van der Waals surface area contributed by atoms with E-state index in [0.717, 1.165) is 44.3 Å². The molecule has 2 aromatic rings. The van der Waals surface area contributed by atoms with Crippen molar-refractivity contribution in [3.8, 4) is 0 Å². The summed E-state index contributed by atoms with van der Waals surface area (Å²) in [5.41, 5.74) is 4.38. The van der Waals surface area contributed by atoms with Crippen LogP contribution in [-0.2, 0) is 11.2 Å². The Hall–Kier alpha value is -2.49. The lowest BCUT2D eigenvalue weighted by molar-refractivity contribution is -0.136. The number of fused-ring (bicyclic) bond motifs is 1. The van der Waals surface area contributed by atoms with E-state index < -0.39 is 0 Å². The number of Topliss-reactive ketones (excluding diaryl/α,β-unsaturated/α-hetero) is 1. The first kappa shape index (κ1) is 17.9. The van der Waals surface area contributed by atoms with E-state index in [1.165, 1.54) is 11.1 Å². The molecule has 0 bridgehead atoms. The SMILES string of the molecule is Cc1ccc(C2CCN(C(=O)C3CCc4ccncc4C(=O)C3)CC2)cc1. The largest absolute Gasteiger partial charge is 0.342 e. The molecular weight excluding hydrogens is 336 g/mol. The molecule has 1 aromatic heterocycles. The van der Waals surface area contributed by atoms with E-state index in [-0.39, 0.29) is 17.6 Å². The minimum absolute atomic E-state index is 0.0588. The van der Waals surface area contributed by atoms with Crippen LogP contribution in [0.5, 0.6) is 0 Å². The van der Waals surface area contributed by atoms with E-state index in [1.807, 2.05) is 11.0 Å². The van der Waals surface area contributed by atoms with Crippen molar-refractivity contribution < 1.29 is 9.59 Å². The third-order valence-electron chi connectivity index (χ3n) is 6.11. The van der Waals surface area contributed by atoms with Gasteiger partial charge < -0.3 is 4.90 Å². The molecular formula is C23H26N2O2. The second-order valence-corrected chi connectivity index (χ2v) is 7.91. The highest BCUT2D eigenvalue weighted by Crippen LogP contribution is 2.31. The molecule has 27 heavy (non-hydrogen) atoms. The van der Waals surface area contributed by atoms with Crippen molar-refractivity contribution in [3.63, 3.8) is 0 Å². The van der Waals surface area contributed by atoms with Crippen LogP contribution < -0.4 is 0 Å². The number of piperidine rings is 1. The Kier molecular flexibility index (Phi) is 5.06. The van der Waals surface area contributed by atoms with Gasteiger partial charge in [0, 0.05) is 43.4 Å². The van der Waals surface area contributed by atoms with Crippen LogP contribution in [-0.4, -0.2) is 34.7 Å². The molecule has 1 amide bonds. The lowest BCUT2D eigenvalue weighted by Gasteiger charge is -2.34. The number of hydrogen-bond donors (Lipinski definition) is 0. The van der Waals surface area contributed by atoms with E-state index in [2.05, 4.69) is 36.2 Å². The lowest BCUT2D eigenvalue weighted by atomic mass is 9.88. The van der Waals surface area contributed by atoms with Crippen LogP contribution in [0.1, 0.15) is 58.6 Å². The molecule has 1 aromatic carbocycles. The Morgan fingerprint density at radius 1 is 1.07 bits per heavy atom. The number of ketones is 1. The average molecular weight is 362 g/mol. The number of amides is 1. The molecule has 2 heterocycles. The van der Waals surface area contributed by atoms with Gasteiger partial charge in [-0.1, -0.05) is 29.8 Å². The molecule has 0 N–H and O–H groups in total. The van der Waals surface area contributed by atoms with Crippen LogP contribution >= 0.6 is 0 Å². The summed E-state index contributed by atoms with van der Waals surface area (Å²) < 4.78 is 0. The zero-order chi connectivity index (χ0) is 18.8. The van der Waals surface area contributed by atoms with Gasteiger partial charge in [-0.2, -0.15) is 0 Å². The van der Waals surface area contributed by atoms with Gasteiger partial charge in [-0.3, -0.25) is 14.6 Å². The van der Waals surface area contributed by atoms with E-state index >= 15 is 0 Å². The number of likely N-dealkylation sites (tertiary alicyclic amines) is 1. The van der Waals surface area contributed by atoms with Gasteiger partial charge in [0.25, 0.3) is 0 Å². The van der Waals surface area contributed by atoms with Crippen LogP contribution in [0.3, 0.4) is 0 Å². The van der Waals surface area contributed by atoms with Gasteiger partial charge >= 0.3 is 0 Å². The highest BCUT2D eigenvalue weighted by Gasteiger charge is 2.32. The summed E-state index contributed by atoms with van der Waals surface area (Å²) in [4.78, 5) is 31.7. The van der Waals surface area contributed by atoms with Gasteiger partial charge in [-0.05, 0) is 55.7 Å². The average Bonchev–Trinajstić information content (AvgIpc) is 2.87. The van der Waals surface area contributed by atoms with Gasteiger partial charge in [-0.15, -0.1) is 0 Å². The molecule has 0 saturated carbocycles. The zero-order valence-electron chi connectivity index (χ0n) is 15.9. The summed E-state index contributed by atoms with van der Waals surface area (Å²) in [5, 5.41) is 0. The zero-order valence-corrected chi connectivity index (χ0v) is 15.9. The molecule has 1 unspecified atom stereocenters. The van der Waals surface area contributed by atoms with Crippen molar-refractivity contribution in [1.29, 1.82) is 0 Å². The topological polar surface area (TPSA) is 50.3 Å². The number of aryl methyl sites for hydroxylation is 2. The Balaban J connectivity index is 1.38. The molecule has 1 aliphatic heterocycles. The predicted molar refractivity (Wildman–Crippen MR) is 105 cm³/mol. The van der Waals surface area contributed by atoms with E-state index in [1.54, 1.807) is 12.4 Å². The van der Waals surface area contributed by atoms with Crippen LogP contribution in [0.4, 0.5) is 0 Å². The summed E-state index contributed by atoms with van der Waals surface area (Å²) in [7, 11) is 0. The molecule has 4 rings (SSSR count). The molecule has 1 fully saturated rings. The van der Waals surface area contributed by atoms with Gasteiger partial charge in [0.2, 0.25) is 5.91 Å². The lowest BCUT2D eigenvalue weighted by Crippen LogP contribution is -2.41. The summed E-state index contributed by atoms with van der Waals surface area (Å²) in [6.45, 7) is 3.68. The Labute approximate surface area is 160 Å². The smallest absolute Gasteiger partial charge is 0.226 e. The monoisotopic (exact) mass is 362 g/mol. The molecule has 4 nitrogen and oxygen atoms in total. The van der Waals surface area contributed by atoms with Gasteiger partial charge in [0.1, 0.15) is 0 Å². The number of carbonyl (C=O) groups excluding carboxylic acids is 2. The van der Waals surface area contributed by atoms with Crippen LogP contribution in [0.2, 0.25) is 0 Å². The molecule has 0 radical (unpaired) electrons. The fourth-order valence-electron chi connectivity index (χ4n) is 4.40. The maximum absolute atomic E-state index is 13.0. The summed E-state index contributed by atoms with van der Waals surface area (Å²) in [6, 6.07) is 10.7. The normalized spacial score (nSPS) is 20.9. The van der Waals surface area contributed by atoms with E-state index in [4.69, 9.17) is 0 Å². The Morgan fingerprint density at radius 3 is 2.56 bits per heavy atom.